The van der Waals surface area contributed by atoms with Gasteiger partial charge in [0.2, 0.25) is 6.10 Å². The molecule has 0 saturated heterocycles. The molecule has 0 saturated carbocycles. The Morgan fingerprint density at radius 1 is 0.938 bits per heavy atom. The number of nitriles is 1. The largest absolute Gasteiger partial charge is 0.457 e. The third-order valence-corrected chi connectivity index (χ3v) is 5.60. The summed E-state index contributed by atoms with van der Waals surface area (Å²) < 4.78 is 11.6. The normalized spacial score (nSPS) is 14.1. The summed E-state index contributed by atoms with van der Waals surface area (Å²) in [4.78, 5) is 13.2. The molecule has 0 fully saturated rings. The SMILES string of the molecule is CC(C)C(C(=O)OC(C#N)c1cccc(Oc2ccccc2)c1)C1=Cc2ccccc2C1. The van der Waals surface area contributed by atoms with E-state index in [1.54, 1.807) is 18.2 Å². The number of fused-ring (bicyclic) bond motifs is 1. The van der Waals surface area contributed by atoms with Gasteiger partial charge in [0.25, 0.3) is 0 Å². The van der Waals surface area contributed by atoms with E-state index in [2.05, 4.69) is 24.3 Å². The van der Waals surface area contributed by atoms with Crippen molar-refractivity contribution in [2.24, 2.45) is 11.8 Å². The number of hydrogen-bond acceptors (Lipinski definition) is 4. The lowest BCUT2D eigenvalue weighted by Gasteiger charge is -2.23. The fourth-order valence-corrected chi connectivity index (χ4v) is 4.08. The van der Waals surface area contributed by atoms with E-state index in [0.717, 1.165) is 17.6 Å². The molecule has 0 spiro atoms. The van der Waals surface area contributed by atoms with Crippen LogP contribution >= 0.6 is 0 Å². The number of rotatable bonds is 7. The van der Waals surface area contributed by atoms with Crippen LogP contribution in [-0.4, -0.2) is 5.97 Å². The fraction of sp³-hybridized carbons (Fsp3) is 0.214. The summed E-state index contributed by atoms with van der Waals surface area (Å²) in [7, 11) is 0. The molecule has 0 bridgehead atoms. The lowest BCUT2D eigenvalue weighted by atomic mass is 9.87. The maximum Gasteiger partial charge on any atom is 0.315 e. The van der Waals surface area contributed by atoms with Gasteiger partial charge in [0.15, 0.2) is 0 Å². The van der Waals surface area contributed by atoms with Gasteiger partial charge < -0.3 is 9.47 Å². The second-order valence-corrected chi connectivity index (χ2v) is 8.25. The zero-order chi connectivity index (χ0) is 22.5. The molecule has 3 aromatic carbocycles. The molecule has 0 heterocycles. The molecule has 4 nitrogen and oxygen atoms in total. The molecule has 1 aliphatic carbocycles. The highest BCUT2D eigenvalue weighted by molar-refractivity contribution is 5.80. The third-order valence-electron chi connectivity index (χ3n) is 5.60. The highest BCUT2D eigenvalue weighted by atomic mass is 16.5. The zero-order valence-electron chi connectivity index (χ0n) is 18.2. The predicted molar refractivity (Wildman–Crippen MR) is 124 cm³/mol. The fourth-order valence-electron chi connectivity index (χ4n) is 4.08. The number of carbonyl (C=O) groups excluding carboxylic acids is 1. The summed E-state index contributed by atoms with van der Waals surface area (Å²) in [5.41, 5.74) is 3.97. The van der Waals surface area contributed by atoms with E-state index in [1.165, 1.54) is 5.56 Å². The van der Waals surface area contributed by atoms with Crippen LogP contribution < -0.4 is 4.74 Å². The van der Waals surface area contributed by atoms with Crippen LogP contribution in [0.1, 0.15) is 36.6 Å². The Morgan fingerprint density at radius 3 is 2.38 bits per heavy atom. The first kappa shape index (κ1) is 21.4. The van der Waals surface area contributed by atoms with Crippen LogP contribution in [0, 0.1) is 23.2 Å². The molecule has 4 rings (SSSR count). The minimum Gasteiger partial charge on any atom is -0.457 e. The van der Waals surface area contributed by atoms with Crippen molar-refractivity contribution in [3.8, 4) is 17.6 Å². The lowest BCUT2D eigenvalue weighted by Crippen LogP contribution is -2.26. The number of nitrogens with zero attached hydrogens (tertiary/aromatic N) is 1. The first-order chi connectivity index (χ1) is 15.5. The number of carbonyl (C=O) groups is 1. The summed E-state index contributed by atoms with van der Waals surface area (Å²) in [6.45, 7) is 4.01. The molecule has 32 heavy (non-hydrogen) atoms. The topological polar surface area (TPSA) is 59.3 Å². The molecule has 0 aliphatic heterocycles. The van der Waals surface area contributed by atoms with Gasteiger partial charge in [0.1, 0.15) is 17.6 Å². The van der Waals surface area contributed by atoms with Crippen molar-refractivity contribution < 1.29 is 14.3 Å². The summed E-state index contributed by atoms with van der Waals surface area (Å²) >= 11 is 0. The van der Waals surface area contributed by atoms with Crippen molar-refractivity contribution in [2.45, 2.75) is 26.4 Å². The highest BCUT2D eigenvalue weighted by Gasteiger charge is 2.32. The number of para-hydroxylation sites is 1. The molecule has 0 radical (unpaired) electrons. The minimum absolute atomic E-state index is 0.0511. The Morgan fingerprint density at radius 2 is 1.66 bits per heavy atom. The monoisotopic (exact) mass is 423 g/mol. The number of hydrogen-bond donors (Lipinski definition) is 0. The first-order valence-corrected chi connectivity index (χ1v) is 10.8. The van der Waals surface area contributed by atoms with E-state index < -0.39 is 12.0 Å². The summed E-state index contributed by atoms with van der Waals surface area (Å²) in [5.74, 6) is 0.555. The smallest absolute Gasteiger partial charge is 0.315 e. The van der Waals surface area contributed by atoms with Gasteiger partial charge in [-0.05, 0) is 47.7 Å². The molecule has 0 amide bonds. The minimum atomic E-state index is -1.01. The Balaban J connectivity index is 1.51. The van der Waals surface area contributed by atoms with E-state index in [-0.39, 0.29) is 11.9 Å². The Bertz CT molecular complexity index is 1170. The van der Waals surface area contributed by atoms with Gasteiger partial charge >= 0.3 is 5.97 Å². The molecule has 160 valence electrons. The third kappa shape index (κ3) is 4.73. The lowest BCUT2D eigenvalue weighted by molar-refractivity contribution is -0.151. The van der Waals surface area contributed by atoms with E-state index >= 15 is 0 Å². The van der Waals surface area contributed by atoms with E-state index in [1.807, 2.05) is 62.4 Å². The van der Waals surface area contributed by atoms with Gasteiger partial charge in [-0.3, -0.25) is 4.79 Å². The molecule has 0 N–H and O–H groups in total. The maximum atomic E-state index is 13.2. The molecule has 1 aliphatic rings. The van der Waals surface area contributed by atoms with Crippen molar-refractivity contribution >= 4 is 12.0 Å². The molecule has 3 aromatic rings. The van der Waals surface area contributed by atoms with Gasteiger partial charge in [-0.2, -0.15) is 5.26 Å². The highest BCUT2D eigenvalue weighted by Crippen LogP contribution is 2.35. The van der Waals surface area contributed by atoms with Crippen LogP contribution in [0.15, 0.2) is 84.4 Å². The van der Waals surface area contributed by atoms with Crippen molar-refractivity contribution in [1.29, 1.82) is 5.26 Å². The second-order valence-electron chi connectivity index (χ2n) is 8.25. The molecule has 0 aromatic heterocycles. The van der Waals surface area contributed by atoms with Crippen LogP contribution in [0.2, 0.25) is 0 Å². The number of esters is 1. The van der Waals surface area contributed by atoms with Gasteiger partial charge in [-0.1, -0.05) is 80.1 Å². The Labute approximate surface area is 188 Å². The van der Waals surface area contributed by atoms with Crippen LogP contribution in [0.3, 0.4) is 0 Å². The van der Waals surface area contributed by atoms with Gasteiger partial charge in [-0.25, -0.2) is 0 Å². The predicted octanol–water partition coefficient (Wildman–Crippen LogP) is 6.50. The summed E-state index contributed by atoms with van der Waals surface area (Å²) in [6.07, 6.45) is 1.80. The summed E-state index contributed by atoms with van der Waals surface area (Å²) in [5, 5.41) is 9.75. The first-order valence-electron chi connectivity index (χ1n) is 10.8. The number of ether oxygens (including phenoxy) is 2. The molecular formula is C28H25NO3. The Kier molecular flexibility index (Phi) is 6.37. The Hall–Kier alpha value is -3.84. The molecule has 4 heteroatoms. The van der Waals surface area contributed by atoms with E-state index in [4.69, 9.17) is 9.47 Å². The van der Waals surface area contributed by atoms with Gasteiger partial charge in [-0.15, -0.1) is 0 Å². The van der Waals surface area contributed by atoms with Crippen LogP contribution in [0.25, 0.3) is 6.08 Å². The van der Waals surface area contributed by atoms with Crippen LogP contribution in [0.4, 0.5) is 0 Å². The number of benzene rings is 3. The molecule has 2 atom stereocenters. The standard InChI is InChI=1S/C28H25NO3/c1-19(2)27(23-15-20-9-6-7-10-21(20)16-23)28(30)32-26(18-29)22-11-8-14-25(17-22)31-24-12-4-3-5-13-24/h3-15,17,19,26-27H,16H2,1-2H3. The van der Waals surface area contributed by atoms with Gasteiger partial charge in [0.05, 0.1) is 5.92 Å². The zero-order valence-corrected chi connectivity index (χ0v) is 18.2. The van der Waals surface area contributed by atoms with Crippen molar-refractivity contribution in [3.05, 3.63) is 101 Å². The van der Waals surface area contributed by atoms with Crippen LogP contribution in [-0.2, 0) is 16.0 Å². The maximum absolute atomic E-state index is 13.2. The molecular weight excluding hydrogens is 398 g/mol. The quantitative estimate of drug-likeness (QED) is 0.407. The van der Waals surface area contributed by atoms with E-state index in [9.17, 15) is 10.1 Å². The van der Waals surface area contributed by atoms with Crippen molar-refractivity contribution in [1.82, 2.24) is 0 Å². The second kappa shape index (κ2) is 9.53. The molecule has 2 unspecified atom stereocenters. The van der Waals surface area contributed by atoms with E-state index in [0.29, 0.717) is 17.1 Å². The van der Waals surface area contributed by atoms with Crippen molar-refractivity contribution in [3.63, 3.8) is 0 Å². The van der Waals surface area contributed by atoms with Crippen molar-refractivity contribution in [2.75, 3.05) is 0 Å². The van der Waals surface area contributed by atoms with Crippen LogP contribution in [0.5, 0.6) is 11.5 Å². The average Bonchev–Trinajstić information content (AvgIpc) is 3.21. The summed E-state index contributed by atoms with van der Waals surface area (Å²) in [6, 6.07) is 26.8. The average molecular weight is 424 g/mol. The van der Waals surface area contributed by atoms with Gasteiger partial charge in [0, 0.05) is 5.56 Å².